The molecule has 0 bridgehead atoms. The minimum atomic E-state index is -0.663. The first-order chi connectivity index (χ1) is 9.04. The van der Waals surface area contributed by atoms with E-state index in [0.717, 1.165) is 26.9 Å². The monoisotopic (exact) mass is 320 g/mol. The Hall–Kier alpha value is -1.32. The fourth-order valence-electron chi connectivity index (χ4n) is 2.10. The van der Waals surface area contributed by atoms with Crippen LogP contribution in [0.2, 0.25) is 0 Å². The minimum absolute atomic E-state index is 0.663. The lowest BCUT2D eigenvalue weighted by molar-refractivity contribution is 0.218. The molecule has 19 heavy (non-hydrogen) atoms. The van der Waals surface area contributed by atoms with Crippen LogP contribution in [-0.4, -0.2) is 12.2 Å². The lowest BCUT2D eigenvalue weighted by Crippen LogP contribution is -2.04. The molecule has 0 amide bonds. The van der Waals surface area contributed by atoms with Gasteiger partial charge in [0.1, 0.15) is 11.9 Å². The van der Waals surface area contributed by atoms with E-state index in [1.165, 1.54) is 5.56 Å². The van der Waals surface area contributed by atoms with Gasteiger partial charge in [0.05, 0.1) is 7.11 Å². The second kappa shape index (κ2) is 5.76. The maximum atomic E-state index is 10.6. The first-order valence-electron chi connectivity index (χ1n) is 6.12. The van der Waals surface area contributed by atoms with E-state index in [4.69, 9.17) is 4.74 Å². The zero-order valence-corrected chi connectivity index (χ0v) is 12.9. The third-order valence-electron chi connectivity index (χ3n) is 3.44. The summed E-state index contributed by atoms with van der Waals surface area (Å²) in [5.74, 6) is 0.738. The molecule has 0 aromatic heterocycles. The Bertz CT molecular complexity index is 593. The standard InChI is InChI=1S/C16H17BrO2/c1-10-5-4-6-13(11(10)2)16(18)14-9-12(19-3)7-8-15(14)17/h4-9,16,18H,1-3H3. The summed E-state index contributed by atoms with van der Waals surface area (Å²) < 4.78 is 6.09. The van der Waals surface area contributed by atoms with Gasteiger partial charge in [-0.15, -0.1) is 0 Å². The summed E-state index contributed by atoms with van der Waals surface area (Å²) in [5.41, 5.74) is 4.03. The first kappa shape index (κ1) is 14.1. The van der Waals surface area contributed by atoms with E-state index in [0.29, 0.717) is 0 Å². The topological polar surface area (TPSA) is 29.5 Å². The number of hydrogen-bond donors (Lipinski definition) is 1. The van der Waals surface area contributed by atoms with Crippen LogP contribution in [0.4, 0.5) is 0 Å². The molecule has 2 aromatic rings. The lowest BCUT2D eigenvalue weighted by Gasteiger charge is -2.17. The minimum Gasteiger partial charge on any atom is -0.497 e. The Morgan fingerprint density at radius 2 is 1.84 bits per heavy atom. The molecule has 1 unspecified atom stereocenters. The van der Waals surface area contributed by atoms with Gasteiger partial charge in [-0.1, -0.05) is 34.1 Å². The highest BCUT2D eigenvalue weighted by molar-refractivity contribution is 9.10. The number of halogens is 1. The summed E-state index contributed by atoms with van der Waals surface area (Å²) in [5, 5.41) is 10.6. The third kappa shape index (κ3) is 2.82. The normalized spacial score (nSPS) is 12.3. The van der Waals surface area contributed by atoms with E-state index in [-0.39, 0.29) is 0 Å². The van der Waals surface area contributed by atoms with Gasteiger partial charge in [-0.25, -0.2) is 0 Å². The molecule has 0 heterocycles. The van der Waals surface area contributed by atoms with Crippen LogP contribution in [0.5, 0.6) is 5.75 Å². The first-order valence-corrected chi connectivity index (χ1v) is 6.91. The highest BCUT2D eigenvalue weighted by Gasteiger charge is 2.17. The van der Waals surface area contributed by atoms with Crippen LogP contribution in [0.25, 0.3) is 0 Å². The molecule has 1 N–H and O–H groups in total. The molecule has 0 aliphatic heterocycles. The van der Waals surface area contributed by atoms with Gasteiger partial charge >= 0.3 is 0 Å². The summed E-state index contributed by atoms with van der Waals surface area (Å²) >= 11 is 3.49. The number of rotatable bonds is 3. The molecule has 1 atom stereocenters. The highest BCUT2D eigenvalue weighted by atomic mass is 79.9. The van der Waals surface area contributed by atoms with Gasteiger partial charge in [0, 0.05) is 10.0 Å². The third-order valence-corrected chi connectivity index (χ3v) is 4.16. The van der Waals surface area contributed by atoms with Crippen molar-refractivity contribution in [3.8, 4) is 5.75 Å². The van der Waals surface area contributed by atoms with Crippen molar-refractivity contribution in [2.24, 2.45) is 0 Å². The van der Waals surface area contributed by atoms with E-state index in [1.54, 1.807) is 7.11 Å². The average Bonchev–Trinajstić information content (AvgIpc) is 2.42. The molecule has 2 aromatic carbocycles. The molecule has 0 saturated heterocycles. The second-order valence-corrected chi connectivity index (χ2v) is 5.43. The van der Waals surface area contributed by atoms with Crippen molar-refractivity contribution in [3.63, 3.8) is 0 Å². The molecule has 0 aliphatic rings. The second-order valence-electron chi connectivity index (χ2n) is 4.58. The van der Waals surface area contributed by atoms with E-state index >= 15 is 0 Å². The van der Waals surface area contributed by atoms with Crippen molar-refractivity contribution >= 4 is 15.9 Å². The SMILES string of the molecule is COc1ccc(Br)c(C(O)c2cccc(C)c2C)c1. The number of hydrogen-bond acceptors (Lipinski definition) is 2. The highest BCUT2D eigenvalue weighted by Crippen LogP contribution is 2.33. The fourth-order valence-corrected chi connectivity index (χ4v) is 2.56. The predicted molar refractivity (Wildman–Crippen MR) is 80.7 cm³/mol. The molecular formula is C16H17BrO2. The predicted octanol–water partition coefficient (Wildman–Crippen LogP) is 4.16. The summed E-state index contributed by atoms with van der Waals surface area (Å²) in [7, 11) is 1.62. The van der Waals surface area contributed by atoms with Gasteiger partial charge in [0.15, 0.2) is 0 Å². The Kier molecular flexibility index (Phi) is 4.27. The smallest absolute Gasteiger partial charge is 0.119 e. The van der Waals surface area contributed by atoms with Crippen molar-refractivity contribution in [1.82, 2.24) is 0 Å². The Morgan fingerprint density at radius 1 is 1.11 bits per heavy atom. The molecule has 3 heteroatoms. The summed E-state index contributed by atoms with van der Waals surface area (Å²) in [6, 6.07) is 11.6. The van der Waals surface area contributed by atoms with Crippen LogP contribution < -0.4 is 4.74 Å². The van der Waals surface area contributed by atoms with Crippen molar-refractivity contribution in [1.29, 1.82) is 0 Å². The van der Waals surface area contributed by atoms with Crippen LogP contribution in [-0.2, 0) is 0 Å². The Labute approximate surface area is 122 Å². The van der Waals surface area contributed by atoms with E-state index in [1.807, 2.05) is 50.2 Å². The molecule has 2 nitrogen and oxygen atoms in total. The number of methoxy groups -OCH3 is 1. The fraction of sp³-hybridized carbons (Fsp3) is 0.250. The van der Waals surface area contributed by atoms with Gasteiger partial charge in [-0.05, 0) is 48.7 Å². The number of aliphatic hydroxyl groups is 1. The zero-order valence-electron chi connectivity index (χ0n) is 11.3. The van der Waals surface area contributed by atoms with Crippen LogP contribution in [0, 0.1) is 13.8 Å². The number of aliphatic hydroxyl groups excluding tert-OH is 1. The van der Waals surface area contributed by atoms with Gasteiger partial charge in [-0.3, -0.25) is 0 Å². The lowest BCUT2D eigenvalue weighted by atomic mass is 9.95. The quantitative estimate of drug-likeness (QED) is 0.920. The van der Waals surface area contributed by atoms with Crippen molar-refractivity contribution < 1.29 is 9.84 Å². The van der Waals surface area contributed by atoms with Gasteiger partial charge in [-0.2, -0.15) is 0 Å². The van der Waals surface area contributed by atoms with E-state index in [2.05, 4.69) is 15.9 Å². The van der Waals surface area contributed by atoms with Crippen molar-refractivity contribution in [2.75, 3.05) is 7.11 Å². The molecule has 0 spiro atoms. The van der Waals surface area contributed by atoms with Gasteiger partial charge in [0.25, 0.3) is 0 Å². The molecule has 2 rings (SSSR count). The zero-order chi connectivity index (χ0) is 14.0. The molecule has 0 aliphatic carbocycles. The van der Waals surface area contributed by atoms with Gasteiger partial charge in [0.2, 0.25) is 0 Å². The van der Waals surface area contributed by atoms with Crippen LogP contribution in [0.1, 0.15) is 28.4 Å². The summed E-state index contributed by atoms with van der Waals surface area (Å²) in [6.07, 6.45) is -0.663. The van der Waals surface area contributed by atoms with Crippen molar-refractivity contribution in [3.05, 3.63) is 63.1 Å². The molecule has 0 saturated carbocycles. The Balaban J connectivity index is 2.49. The number of ether oxygens (including phenoxy) is 1. The van der Waals surface area contributed by atoms with Crippen LogP contribution in [0.3, 0.4) is 0 Å². The van der Waals surface area contributed by atoms with E-state index in [9.17, 15) is 5.11 Å². The number of aryl methyl sites for hydroxylation is 1. The molecule has 0 fully saturated rings. The van der Waals surface area contributed by atoms with Gasteiger partial charge < -0.3 is 9.84 Å². The van der Waals surface area contributed by atoms with Crippen LogP contribution >= 0.6 is 15.9 Å². The van der Waals surface area contributed by atoms with E-state index < -0.39 is 6.10 Å². The summed E-state index contributed by atoms with van der Waals surface area (Å²) in [4.78, 5) is 0. The molecule has 0 radical (unpaired) electrons. The Morgan fingerprint density at radius 3 is 2.53 bits per heavy atom. The molecule has 100 valence electrons. The largest absolute Gasteiger partial charge is 0.497 e. The molecular weight excluding hydrogens is 304 g/mol. The number of benzene rings is 2. The maximum Gasteiger partial charge on any atom is 0.119 e. The summed E-state index contributed by atoms with van der Waals surface area (Å²) in [6.45, 7) is 4.08. The maximum absolute atomic E-state index is 10.6. The average molecular weight is 321 g/mol. The van der Waals surface area contributed by atoms with Crippen LogP contribution in [0.15, 0.2) is 40.9 Å². The van der Waals surface area contributed by atoms with Crippen molar-refractivity contribution in [2.45, 2.75) is 20.0 Å².